The minimum Gasteiger partial charge on any atom is -0.481 e. The number of hydrogen-bond acceptors (Lipinski definition) is 1. The van der Waals surface area contributed by atoms with Gasteiger partial charge in [0.15, 0.2) is 0 Å². The Morgan fingerprint density at radius 3 is 2.81 bits per heavy atom. The first-order valence-electron chi connectivity index (χ1n) is 4.96. The van der Waals surface area contributed by atoms with Crippen molar-refractivity contribution in [3.63, 3.8) is 0 Å². The van der Waals surface area contributed by atoms with Gasteiger partial charge in [0.25, 0.3) is 0 Å². The molecule has 2 rings (SSSR count). The summed E-state index contributed by atoms with van der Waals surface area (Å²) in [6.45, 7) is 1.84. The average Bonchev–Trinajstić information content (AvgIpc) is 2.43. The molecule has 0 aliphatic rings. The number of aromatic nitrogens is 1. The molecule has 84 valence electrons. The van der Waals surface area contributed by atoms with E-state index in [1.165, 1.54) is 12.1 Å². The van der Waals surface area contributed by atoms with E-state index in [1.807, 2.05) is 18.5 Å². The molecule has 1 aromatic heterocycles. The molecule has 0 aliphatic heterocycles. The highest BCUT2D eigenvalue weighted by Crippen LogP contribution is 2.25. The average molecular weight is 221 g/mol. The first-order chi connectivity index (χ1) is 7.50. The van der Waals surface area contributed by atoms with Crippen LogP contribution in [0.1, 0.15) is 11.3 Å². The predicted molar refractivity (Wildman–Crippen MR) is 59.0 cm³/mol. The Bertz CT molecular complexity index is 572. The molecule has 2 aromatic rings. The topological polar surface area (TPSA) is 42.2 Å². The molecule has 0 aliphatic carbocycles. The van der Waals surface area contributed by atoms with Gasteiger partial charge in [-0.2, -0.15) is 0 Å². The number of fused-ring (bicyclic) bond motifs is 1. The second-order valence-electron chi connectivity index (χ2n) is 3.85. The van der Waals surface area contributed by atoms with Gasteiger partial charge in [0.2, 0.25) is 0 Å². The summed E-state index contributed by atoms with van der Waals surface area (Å²) < 4.78 is 14.9. The fourth-order valence-corrected chi connectivity index (χ4v) is 1.99. The van der Waals surface area contributed by atoms with Crippen molar-refractivity contribution in [2.45, 2.75) is 13.3 Å². The third-order valence-corrected chi connectivity index (χ3v) is 2.91. The molecule has 1 N–H and O–H groups in total. The van der Waals surface area contributed by atoms with Gasteiger partial charge in [0, 0.05) is 18.1 Å². The van der Waals surface area contributed by atoms with Crippen LogP contribution in [-0.4, -0.2) is 15.6 Å². The monoisotopic (exact) mass is 221 g/mol. The summed E-state index contributed by atoms with van der Waals surface area (Å²) in [4.78, 5) is 10.8. The fourth-order valence-electron chi connectivity index (χ4n) is 1.99. The van der Waals surface area contributed by atoms with Crippen LogP contribution in [0.4, 0.5) is 4.39 Å². The molecular formula is C12H12FNO2. The third kappa shape index (κ3) is 1.56. The number of carboxylic acids is 1. The summed E-state index contributed by atoms with van der Waals surface area (Å²) in [6.07, 6.45) is -0.0329. The molecule has 4 heteroatoms. The van der Waals surface area contributed by atoms with Gasteiger partial charge in [-0.05, 0) is 30.7 Å². The summed E-state index contributed by atoms with van der Waals surface area (Å²) in [5.41, 5.74) is 2.35. The number of benzene rings is 1. The van der Waals surface area contributed by atoms with E-state index in [4.69, 9.17) is 5.11 Å². The Morgan fingerprint density at radius 1 is 1.50 bits per heavy atom. The maximum atomic E-state index is 13.1. The molecule has 16 heavy (non-hydrogen) atoms. The lowest BCUT2D eigenvalue weighted by atomic mass is 10.1. The van der Waals surface area contributed by atoms with Crippen molar-refractivity contribution in [3.8, 4) is 0 Å². The summed E-state index contributed by atoms with van der Waals surface area (Å²) in [5, 5.41) is 9.64. The second kappa shape index (κ2) is 3.63. The summed E-state index contributed by atoms with van der Waals surface area (Å²) in [6, 6.07) is 4.41. The molecule has 3 nitrogen and oxygen atoms in total. The summed E-state index contributed by atoms with van der Waals surface area (Å²) in [7, 11) is 1.81. The molecule has 1 aromatic carbocycles. The van der Waals surface area contributed by atoms with Gasteiger partial charge in [-0.25, -0.2) is 4.39 Å². The molecule has 0 bridgehead atoms. The molecule has 0 radical (unpaired) electrons. The van der Waals surface area contributed by atoms with Crippen molar-refractivity contribution in [2.24, 2.45) is 7.05 Å². The third-order valence-electron chi connectivity index (χ3n) is 2.91. The lowest BCUT2D eigenvalue weighted by Crippen LogP contribution is -2.01. The Hall–Kier alpha value is -1.84. The number of halogens is 1. The fraction of sp³-hybridized carbons (Fsp3) is 0.250. The van der Waals surface area contributed by atoms with Gasteiger partial charge < -0.3 is 9.67 Å². The standard InChI is InChI=1S/C12H12FNO2/c1-7-10(6-12(15)16)9-4-3-8(13)5-11(9)14(7)2/h3-5H,6H2,1-2H3,(H,15,16). The van der Waals surface area contributed by atoms with E-state index in [2.05, 4.69) is 0 Å². The van der Waals surface area contributed by atoms with Crippen molar-refractivity contribution in [2.75, 3.05) is 0 Å². The molecule has 0 unspecified atom stereocenters. The number of hydrogen-bond donors (Lipinski definition) is 1. The number of aliphatic carboxylic acids is 1. The lowest BCUT2D eigenvalue weighted by molar-refractivity contribution is -0.136. The number of aryl methyl sites for hydroxylation is 1. The molecule has 0 saturated heterocycles. The van der Waals surface area contributed by atoms with E-state index in [0.717, 1.165) is 22.2 Å². The largest absolute Gasteiger partial charge is 0.481 e. The van der Waals surface area contributed by atoms with Gasteiger partial charge >= 0.3 is 5.97 Å². The van der Waals surface area contributed by atoms with Crippen LogP contribution in [0.15, 0.2) is 18.2 Å². The Balaban J connectivity index is 2.73. The maximum Gasteiger partial charge on any atom is 0.307 e. The van der Waals surface area contributed by atoms with Crippen LogP contribution in [0, 0.1) is 12.7 Å². The highest BCUT2D eigenvalue weighted by Gasteiger charge is 2.14. The van der Waals surface area contributed by atoms with E-state index in [1.54, 1.807) is 6.07 Å². The zero-order chi connectivity index (χ0) is 11.9. The van der Waals surface area contributed by atoms with Gasteiger partial charge in [-0.15, -0.1) is 0 Å². The van der Waals surface area contributed by atoms with E-state index < -0.39 is 5.97 Å². The van der Waals surface area contributed by atoms with Gasteiger partial charge in [0.05, 0.1) is 11.9 Å². The number of carboxylic acid groups (broad SMARTS) is 1. The Kier molecular flexibility index (Phi) is 2.42. The molecule has 0 fully saturated rings. The number of carbonyl (C=O) groups is 1. The van der Waals surface area contributed by atoms with Crippen molar-refractivity contribution in [1.82, 2.24) is 4.57 Å². The quantitative estimate of drug-likeness (QED) is 0.845. The van der Waals surface area contributed by atoms with E-state index >= 15 is 0 Å². The predicted octanol–water partition coefficient (Wildman–Crippen LogP) is 2.25. The highest BCUT2D eigenvalue weighted by atomic mass is 19.1. The summed E-state index contributed by atoms with van der Waals surface area (Å²) in [5.74, 6) is -1.19. The van der Waals surface area contributed by atoms with Crippen molar-refractivity contribution in [3.05, 3.63) is 35.3 Å². The SMILES string of the molecule is Cc1c(CC(=O)O)c2ccc(F)cc2n1C. The van der Waals surface area contributed by atoms with Gasteiger partial charge in [-0.1, -0.05) is 0 Å². The first-order valence-corrected chi connectivity index (χ1v) is 4.96. The normalized spacial score (nSPS) is 10.9. The van der Waals surface area contributed by atoms with Crippen LogP contribution < -0.4 is 0 Å². The van der Waals surface area contributed by atoms with Crippen LogP contribution in [0.3, 0.4) is 0 Å². The van der Waals surface area contributed by atoms with Crippen molar-refractivity contribution in [1.29, 1.82) is 0 Å². The van der Waals surface area contributed by atoms with Gasteiger partial charge in [-0.3, -0.25) is 4.79 Å². The van der Waals surface area contributed by atoms with Crippen LogP contribution >= 0.6 is 0 Å². The van der Waals surface area contributed by atoms with Crippen molar-refractivity contribution < 1.29 is 14.3 Å². The van der Waals surface area contributed by atoms with E-state index in [9.17, 15) is 9.18 Å². The van der Waals surface area contributed by atoms with Crippen LogP contribution in [-0.2, 0) is 18.3 Å². The zero-order valence-electron chi connectivity index (χ0n) is 9.12. The molecule has 0 spiro atoms. The number of nitrogens with zero attached hydrogens (tertiary/aromatic N) is 1. The van der Waals surface area contributed by atoms with Crippen molar-refractivity contribution >= 4 is 16.9 Å². The zero-order valence-corrected chi connectivity index (χ0v) is 9.12. The highest BCUT2D eigenvalue weighted by molar-refractivity contribution is 5.89. The lowest BCUT2D eigenvalue weighted by Gasteiger charge is -1.98. The molecular weight excluding hydrogens is 209 g/mol. The molecule has 0 amide bonds. The van der Waals surface area contributed by atoms with Crippen LogP contribution in [0.25, 0.3) is 10.9 Å². The van der Waals surface area contributed by atoms with Gasteiger partial charge in [0.1, 0.15) is 5.82 Å². The number of rotatable bonds is 2. The van der Waals surface area contributed by atoms with E-state index in [-0.39, 0.29) is 12.2 Å². The minimum absolute atomic E-state index is 0.0329. The van der Waals surface area contributed by atoms with Crippen LogP contribution in [0.2, 0.25) is 0 Å². The Labute approximate surface area is 92.1 Å². The molecule has 0 saturated carbocycles. The minimum atomic E-state index is -0.875. The van der Waals surface area contributed by atoms with E-state index in [0.29, 0.717) is 0 Å². The maximum absolute atomic E-state index is 13.1. The Morgan fingerprint density at radius 2 is 2.19 bits per heavy atom. The van der Waals surface area contributed by atoms with Crippen LogP contribution in [0.5, 0.6) is 0 Å². The summed E-state index contributed by atoms with van der Waals surface area (Å²) >= 11 is 0. The molecule has 0 atom stereocenters. The molecule has 1 heterocycles. The second-order valence-corrected chi connectivity index (χ2v) is 3.85. The first kappa shape index (κ1) is 10.7. The smallest absolute Gasteiger partial charge is 0.307 e.